The van der Waals surface area contributed by atoms with Gasteiger partial charge in [0.05, 0.1) is 0 Å². The summed E-state index contributed by atoms with van der Waals surface area (Å²) < 4.78 is 8.92. The number of benzene rings is 1. The molecule has 0 fully saturated rings. The van der Waals surface area contributed by atoms with E-state index in [1.54, 1.807) is 24.3 Å². The van der Waals surface area contributed by atoms with Crippen LogP contribution >= 0.6 is 0 Å². The van der Waals surface area contributed by atoms with Crippen molar-refractivity contribution in [2.45, 2.75) is 0 Å². The first-order chi connectivity index (χ1) is 12.1. The molecule has 0 unspecified atom stereocenters. The number of nitrogen functional groups attached to an aromatic ring is 2. The second-order valence-electron chi connectivity index (χ2n) is 4.61. The van der Waals surface area contributed by atoms with Crippen LogP contribution in [0.4, 0.5) is 29.0 Å². The zero-order valence-corrected chi connectivity index (χ0v) is 12.6. The van der Waals surface area contributed by atoms with Crippen molar-refractivity contribution < 1.29 is 14.1 Å². The summed E-state index contributed by atoms with van der Waals surface area (Å²) in [7, 11) is 0. The molecule has 3 aromatic rings. The summed E-state index contributed by atoms with van der Waals surface area (Å²) in [5.74, 6) is -0.606. The van der Waals surface area contributed by atoms with Crippen molar-refractivity contribution in [1.29, 1.82) is 0 Å². The van der Waals surface area contributed by atoms with Crippen LogP contribution in [0.2, 0.25) is 0 Å². The van der Waals surface area contributed by atoms with Crippen LogP contribution in [0.15, 0.2) is 49.9 Å². The van der Waals surface area contributed by atoms with Crippen LogP contribution in [-0.2, 0) is 4.79 Å². The molecule has 0 aliphatic rings. The Hall–Kier alpha value is -4.03. The molecule has 0 saturated heterocycles. The number of hydrogen-bond acceptors (Lipinski definition) is 11. The number of nitrogens with two attached hydrogens (primary N) is 2. The summed E-state index contributed by atoms with van der Waals surface area (Å²) in [4.78, 5) is 12.2. The highest BCUT2D eigenvalue weighted by molar-refractivity contribution is 5.94. The lowest BCUT2D eigenvalue weighted by atomic mass is 10.3. The van der Waals surface area contributed by atoms with E-state index in [0.29, 0.717) is 5.69 Å². The number of anilines is 4. The number of para-hydroxylation sites is 1. The van der Waals surface area contributed by atoms with Crippen molar-refractivity contribution in [2.24, 2.45) is 10.3 Å². The Bertz CT molecular complexity index is 874. The largest absolute Gasteiger partial charge is 0.378 e. The molecule has 0 spiro atoms. The fourth-order valence-corrected chi connectivity index (χ4v) is 1.73. The zero-order valence-electron chi connectivity index (χ0n) is 12.6. The Morgan fingerprint density at radius 1 is 1.08 bits per heavy atom. The van der Waals surface area contributed by atoms with Crippen molar-refractivity contribution in [2.75, 3.05) is 28.3 Å². The van der Waals surface area contributed by atoms with E-state index in [2.05, 4.69) is 45.5 Å². The zero-order chi connectivity index (χ0) is 17.6. The molecular weight excluding hydrogens is 332 g/mol. The maximum atomic E-state index is 12.2. The van der Waals surface area contributed by atoms with Crippen LogP contribution in [0, 0.1) is 0 Å². The Labute approximate surface area is 139 Å². The maximum Gasteiger partial charge on any atom is 0.263 e. The number of carbonyl (C=O) groups is 1. The average Bonchev–Trinajstić information content (AvgIpc) is 3.21. The molecule has 5 N–H and O–H groups in total. The normalized spacial score (nSPS) is 10.9. The van der Waals surface area contributed by atoms with Crippen LogP contribution in [0.1, 0.15) is 0 Å². The SMILES string of the molecule is Nc1nonc1N=NN(CC(=O)Nc1ccccc1)c1nonc1N. The molecule has 2 heterocycles. The summed E-state index contributed by atoms with van der Waals surface area (Å²) >= 11 is 0. The summed E-state index contributed by atoms with van der Waals surface area (Å²) in [6.07, 6.45) is 0. The van der Waals surface area contributed by atoms with E-state index in [4.69, 9.17) is 11.5 Å². The van der Waals surface area contributed by atoms with Gasteiger partial charge in [0, 0.05) is 5.69 Å². The molecule has 3 rings (SSSR count). The monoisotopic (exact) mass is 344 g/mol. The number of aromatic nitrogens is 4. The number of carbonyl (C=O) groups excluding carboxylic acids is 1. The van der Waals surface area contributed by atoms with E-state index >= 15 is 0 Å². The van der Waals surface area contributed by atoms with Crippen LogP contribution in [-0.4, -0.2) is 33.1 Å². The molecule has 25 heavy (non-hydrogen) atoms. The third-order valence-corrected chi connectivity index (χ3v) is 2.83. The Kier molecular flexibility index (Phi) is 4.46. The van der Waals surface area contributed by atoms with Crippen molar-refractivity contribution in [3.8, 4) is 0 Å². The van der Waals surface area contributed by atoms with Crippen molar-refractivity contribution >= 4 is 34.9 Å². The number of rotatable bonds is 6. The van der Waals surface area contributed by atoms with Gasteiger partial charge in [0.1, 0.15) is 6.54 Å². The van der Waals surface area contributed by atoms with Gasteiger partial charge >= 0.3 is 0 Å². The number of nitrogens with zero attached hydrogens (tertiary/aromatic N) is 7. The predicted molar refractivity (Wildman–Crippen MR) is 84.4 cm³/mol. The molecular formula is C12H12N10O3. The van der Waals surface area contributed by atoms with Crippen LogP contribution in [0.5, 0.6) is 0 Å². The molecule has 1 aromatic carbocycles. The molecule has 0 radical (unpaired) electrons. The molecule has 1 amide bonds. The molecule has 2 aromatic heterocycles. The van der Waals surface area contributed by atoms with Crippen LogP contribution in [0.3, 0.4) is 0 Å². The summed E-state index contributed by atoms with van der Waals surface area (Å²) in [5.41, 5.74) is 11.7. The minimum Gasteiger partial charge on any atom is -0.378 e. The first-order valence-electron chi connectivity index (χ1n) is 6.83. The van der Waals surface area contributed by atoms with E-state index < -0.39 is 5.91 Å². The van der Waals surface area contributed by atoms with Gasteiger partial charge in [0.25, 0.3) is 5.82 Å². The van der Waals surface area contributed by atoms with Gasteiger partial charge in [0.15, 0.2) is 0 Å². The quantitative estimate of drug-likeness (QED) is 0.425. The highest BCUT2D eigenvalue weighted by Gasteiger charge is 2.19. The standard InChI is InChI=1S/C12H12N10O3/c13-9-11(19-24-17-9)16-21-22(12-10(14)18-25-20-12)6-8(23)15-7-4-2-1-3-5-7/h1-5H,6H2,(H2,13,17)(H2,14,18)(H,15,23). The number of hydrogen-bond donors (Lipinski definition) is 3. The first-order valence-corrected chi connectivity index (χ1v) is 6.83. The smallest absolute Gasteiger partial charge is 0.263 e. The molecule has 13 heteroatoms. The van der Waals surface area contributed by atoms with E-state index in [1.165, 1.54) is 0 Å². The number of amides is 1. The molecule has 0 aliphatic heterocycles. The summed E-state index contributed by atoms with van der Waals surface area (Å²) in [6, 6.07) is 8.86. The Morgan fingerprint density at radius 3 is 2.44 bits per heavy atom. The molecule has 13 nitrogen and oxygen atoms in total. The minimum atomic E-state index is -0.404. The molecule has 0 bridgehead atoms. The lowest BCUT2D eigenvalue weighted by Gasteiger charge is -2.13. The summed E-state index contributed by atoms with van der Waals surface area (Å²) in [5, 5.41) is 25.1. The van der Waals surface area contributed by atoms with Crippen molar-refractivity contribution in [1.82, 2.24) is 20.6 Å². The van der Waals surface area contributed by atoms with E-state index in [0.717, 1.165) is 5.01 Å². The van der Waals surface area contributed by atoms with Crippen molar-refractivity contribution in [3.63, 3.8) is 0 Å². The highest BCUT2D eigenvalue weighted by atomic mass is 16.6. The van der Waals surface area contributed by atoms with E-state index in [1.807, 2.05) is 6.07 Å². The lowest BCUT2D eigenvalue weighted by Crippen LogP contribution is -2.29. The molecule has 0 atom stereocenters. The minimum absolute atomic E-state index is 0.00184. The van der Waals surface area contributed by atoms with Gasteiger partial charge in [-0.2, -0.15) is 0 Å². The third-order valence-electron chi connectivity index (χ3n) is 2.83. The second kappa shape index (κ2) is 7.03. The highest BCUT2D eigenvalue weighted by Crippen LogP contribution is 2.21. The summed E-state index contributed by atoms with van der Waals surface area (Å²) in [6.45, 7) is -0.276. The third kappa shape index (κ3) is 3.84. The topological polar surface area (TPSA) is 187 Å². The fraction of sp³-hybridized carbons (Fsp3) is 0.0833. The predicted octanol–water partition coefficient (Wildman–Crippen LogP) is 0.761. The van der Waals surface area contributed by atoms with E-state index in [9.17, 15) is 4.79 Å². The average molecular weight is 344 g/mol. The van der Waals surface area contributed by atoms with E-state index in [-0.39, 0.29) is 29.8 Å². The van der Waals surface area contributed by atoms with Gasteiger partial charge in [-0.15, -0.1) is 5.11 Å². The Balaban J connectivity index is 1.77. The first kappa shape index (κ1) is 15.9. The maximum absolute atomic E-state index is 12.2. The van der Waals surface area contributed by atoms with Gasteiger partial charge in [-0.3, -0.25) is 4.79 Å². The molecule has 0 saturated carbocycles. The van der Waals surface area contributed by atoms with Gasteiger partial charge in [-0.25, -0.2) is 14.3 Å². The van der Waals surface area contributed by atoms with Gasteiger partial charge in [0.2, 0.25) is 23.4 Å². The van der Waals surface area contributed by atoms with Crippen LogP contribution < -0.4 is 21.8 Å². The Morgan fingerprint density at radius 2 is 1.80 bits per heavy atom. The van der Waals surface area contributed by atoms with Gasteiger partial charge in [-0.1, -0.05) is 23.4 Å². The second-order valence-corrected chi connectivity index (χ2v) is 4.61. The molecule has 128 valence electrons. The van der Waals surface area contributed by atoms with Gasteiger partial charge in [-0.05, 0) is 32.8 Å². The number of nitrogens with one attached hydrogen (secondary N) is 1. The molecule has 0 aliphatic carbocycles. The van der Waals surface area contributed by atoms with Crippen molar-refractivity contribution in [3.05, 3.63) is 30.3 Å². The van der Waals surface area contributed by atoms with Gasteiger partial charge < -0.3 is 16.8 Å². The van der Waals surface area contributed by atoms with Crippen LogP contribution in [0.25, 0.3) is 0 Å². The lowest BCUT2D eigenvalue weighted by molar-refractivity contribution is -0.115. The fourth-order valence-electron chi connectivity index (χ4n) is 1.73.